The molecule has 1 fully saturated rings. The number of quaternary nitrogens is 1. The van der Waals surface area contributed by atoms with E-state index in [1.54, 1.807) is 0 Å². The lowest BCUT2D eigenvalue weighted by Gasteiger charge is -2.37. The van der Waals surface area contributed by atoms with Gasteiger partial charge in [-0.25, -0.2) is 0 Å². The molecule has 1 heterocycles. The number of rotatable bonds is 5. The average molecular weight is 273 g/mol. The van der Waals surface area contributed by atoms with Gasteiger partial charge in [0.25, 0.3) is 0 Å². The highest BCUT2D eigenvalue weighted by atomic mass is 19.5. The van der Waals surface area contributed by atoms with Gasteiger partial charge >= 0.3 is 7.25 Å². The topological polar surface area (TPSA) is 9.23 Å². The van der Waals surface area contributed by atoms with Gasteiger partial charge in [-0.15, -0.1) is 0 Å². The van der Waals surface area contributed by atoms with Crippen molar-refractivity contribution in [2.24, 2.45) is 0 Å². The minimum absolute atomic E-state index is 0.963. The second kappa shape index (κ2) is 8.75. The van der Waals surface area contributed by atoms with Crippen molar-refractivity contribution < 1.29 is 26.5 Å². The van der Waals surface area contributed by atoms with Crippen molar-refractivity contribution >= 4 is 7.25 Å². The molecular weight excluding hydrogens is 249 g/mol. The first-order valence-electron chi connectivity index (χ1n) is 6.55. The Morgan fingerprint density at radius 3 is 1.94 bits per heavy atom. The van der Waals surface area contributed by atoms with Gasteiger partial charge in [0.15, 0.2) is 0 Å². The predicted octanol–water partition coefficient (Wildman–Crippen LogP) is 3.34. The smallest absolute Gasteiger partial charge is 0.418 e. The first-order valence-corrected chi connectivity index (χ1v) is 6.55. The summed E-state index contributed by atoms with van der Waals surface area (Å²) in [7, 11) is -3.63. The molecule has 110 valence electrons. The predicted molar refractivity (Wildman–Crippen MR) is 65.9 cm³/mol. The van der Waals surface area contributed by atoms with E-state index in [1.165, 1.54) is 49.8 Å². The van der Waals surface area contributed by atoms with Crippen LogP contribution >= 0.6 is 0 Å². The molecule has 1 saturated heterocycles. The zero-order valence-electron chi connectivity index (χ0n) is 11.3. The van der Waals surface area contributed by atoms with E-state index in [-0.39, 0.29) is 0 Å². The van der Waals surface area contributed by atoms with Gasteiger partial charge in [0, 0.05) is 0 Å². The monoisotopic (exact) mass is 273 g/mol. The lowest BCUT2D eigenvalue weighted by molar-refractivity contribution is -0.917. The van der Waals surface area contributed by atoms with Crippen molar-refractivity contribution in [3.05, 3.63) is 0 Å². The van der Waals surface area contributed by atoms with Crippen LogP contribution in [0.5, 0.6) is 0 Å². The highest BCUT2D eigenvalue weighted by Crippen LogP contribution is 2.10. The van der Waals surface area contributed by atoms with Gasteiger partial charge in [-0.3, -0.25) is 0 Å². The van der Waals surface area contributed by atoms with Crippen molar-refractivity contribution in [3.8, 4) is 0 Å². The van der Waals surface area contributed by atoms with Gasteiger partial charge in [-0.1, -0.05) is 19.8 Å². The molecule has 0 unspecified atom stereocenters. The lowest BCUT2D eigenvalue weighted by Crippen LogP contribution is -2.52. The maximum Gasteiger partial charge on any atom is 0.673 e. The van der Waals surface area contributed by atoms with Crippen molar-refractivity contribution in [1.82, 2.24) is 0 Å². The number of ether oxygens (including phenoxy) is 1. The van der Waals surface area contributed by atoms with E-state index in [2.05, 4.69) is 14.0 Å². The molecule has 0 radical (unpaired) electrons. The molecule has 0 amide bonds. The van der Waals surface area contributed by atoms with E-state index in [0.29, 0.717) is 0 Å². The minimum atomic E-state index is -6.00. The summed E-state index contributed by atoms with van der Waals surface area (Å²) in [6.45, 7) is 7.97. The van der Waals surface area contributed by atoms with Crippen molar-refractivity contribution in [2.45, 2.75) is 32.6 Å². The fourth-order valence-electron chi connectivity index (χ4n) is 1.93. The Labute approximate surface area is 107 Å². The normalized spacial score (nSPS) is 19.0. The molecule has 7 heteroatoms. The number of hydrogen-bond acceptors (Lipinski definition) is 1. The summed E-state index contributed by atoms with van der Waals surface area (Å²) in [5.41, 5.74) is 0. The molecule has 0 atom stereocenters. The Balaban J connectivity index is 0.000000494. The SMILES string of the molecule is CCCCCC[N+]1(C)CCOCC1.F[B-](F)(F)F. The lowest BCUT2D eigenvalue weighted by atomic mass is 10.2. The van der Waals surface area contributed by atoms with Gasteiger partial charge in [0.2, 0.25) is 0 Å². The molecule has 0 aromatic rings. The van der Waals surface area contributed by atoms with Crippen molar-refractivity contribution in [2.75, 3.05) is 39.9 Å². The Bertz CT molecular complexity index is 202. The molecule has 0 saturated carbocycles. The van der Waals surface area contributed by atoms with Crippen LogP contribution in [0, 0.1) is 0 Å². The average Bonchev–Trinajstić information content (AvgIpc) is 2.23. The van der Waals surface area contributed by atoms with Gasteiger partial charge < -0.3 is 26.5 Å². The summed E-state index contributed by atoms with van der Waals surface area (Å²) in [5.74, 6) is 0. The fourth-order valence-corrected chi connectivity index (χ4v) is 1.93. The molecule has 0 spiro atoms. The molecule has 2 nitrogen and oxygen atoms in total. The molecule has 0 bridgehead atoms. The van der Waals surface area contributed by atoms with Gasteiger partial charge in [-0.05, 0) is 12.8 Å². The van der Waals surface area contributed by atoms with E-state index < -0.39 is 7.25 Å². The highest BCUT2D eigenvalue weighted by Gasteiger charge is 2.24. The minimum Gasteiger partial charge on any atom is -0.418 e. The largest absolute Gasteiger partial charge is 0.673 e. The van der Waals surface area contributed by atoms with Crippen molar-refractivity contribution in [3.63, 3.8) is 0 Å². The second-order valence-corrected chi connectivity index (χ2v) is 4.96. The Morgan fingerprint density at radius 1 is 1.00 bits per heavy atom. The van der Waals surface area contributed by atoms with Gasteiger partial charge in [0.05, 0.1) is 26.8 Å². The molecule has 1 aliphatic heterocycles. The summed E-state index contributed by atoms with van der Waals surface area (Å²) in [6, 6.07) is 0. The van der Waals surface area contributed by atoms with Gasteiger partial charge in [-0.2, -0.15) is 0 Å². The Hall–Kier alpha value is -0.295. The zero-order valence-corrected chi connectivity index (χ0v) is 11.3. The van der Waals surface area contributed by atoms with Gasteiger partial charge in [0.1, 0.15) is 13.1 Å². The number of hydrogen-bond donors (Lipinski definition) is 0. The summed E-state index contributed by atoms with van der Waals surface area (Å²) in [6.07, 6.45) is 5.54. The first-order chi connectivity index (χ1) is 8.27. The first kappa shape index (κ1) is 17.7. The number of nitrogens with zero attached hydrogens (tertiary/aromatic N) is 1. The third-order valence-corrected chi connectivity index (χ3v) is 3.10. The summed E-state index contributed by atoms with van der Waals surface area (Å²) in [4.78, 5) is 0. The van der Waals surface area contributed by atoms with Crippen LogP contribution in [0.15, 0.2) is 0 Å². The maximum absolute atomic E-state index is 9.75. The summed E-state index contributed by atoms with van der Waals surface area (Å²) in [5, 5.41) is 0. The van der Waals surface area contributed by atoms with E-state index in [1.807, 2.05) is 0 Å². The number of likely N-dealkylation sites (N-methyl/N-ethyl adjacent to an activating group) is 1. The van der Waals surface area contributed by atoms with Crippen LogP contribution in [0.3, 0.4) is 0 Å². The Kier molecular flexibility index (Phi) is 8.60. The van der Waals surface area contributed by atoms with E-state index in [0.717, 1.165) is 13.2 Å². The molecule has 0 N–H and O–H groups in total. The summed E-state index contributed by atoms with van der Waals surface area (Å²) < 4.78 is 45.6. The highest BCUT2D eigenvalue weighted by molar-refractivity contribution is 6.50. The standard InChI is InChI=1S/C11H24NO.BF4/c1-3-4-5-6-7-12(2)8-10-13-11-9-12;2-1(3,4)5/h3-11H2,1-2H3;/q+1;-1. The third kappa shape index (κ3) is 12.2. The molecule has 0 aromatic carbocycles. The molecule has 0 aliphatic carbocycles. The van der Waals surface area contributed by atoms with Crippen LogP contribution in [0.4, 0.5) is 17.3 Å². The second-order valence-electron chi connectivity index (χ2n) is 4.96. The maximum atomic E-state index is 9.75. The van der Waals surface area contributed by atoms with Crippen molar-refractivity contribution in [1.29, 1.82) is 0 Å². The van der Waals surface area contributed by atoms with E-state index >= 15 is 0 Å². The molecule has 1 aliphatic rings. The third-order valence-electron chi connectivity index (χ3n) is 3.10. The van der Waals surface area contributed by atoms with E-state index in [9.17, 15) is 17.3 Å². The number of halogens is 4. The van der Waals surface area contributed by atoms with Crippen LogP contribution in [-0.2, 0) is 4.74 Å². The van der Waals surface area contributed by atoms with E-state index in [4.69, 9.17) is 4.74 Å². The number of morpholine rings is 1. The molecule has 18 heavy (non-hydrogen) atoms. The van der Waals surface area contributed by atoms with Crippen LogP contribution in [0.2, 0.25) is 0 Å². The quantitative estimate of drug-likeness (QED) is 0.323. The number of unbranched alkanes of at least 4 members (excludes halogenated alkanes) is 3. The zero-order chi connectivity index (χ0) is 14.1. The summed E-state index contributed by atoms with van der Waals surface area (Å²) >= 11 is 0. The van der Waals surface area contributed by atoms with Crippen LogP contribution in [0.1, 0.15) is 32.6 Å². The fraction of sp³-hybridized carbons (Fsp3) is 1.00. The van der Waals surface area contributed by atoms with Crippen LogP contribution < -0.4 is 0 Å². The molecule has 1 rings (SSSR count). The van der Waals surface area contributed by atoms with Crippen LogP contribution in [0.25, 0.3) is 0 Å². The Morgan fingerprint density at radius 2 is 1.50 bits per heavy atom. The molecular formula is C11H24BF4NO. The van der Waals surface area contributed by atoms with Crippen LogP contribution in [-0.4, -0.2) is 51.6 Å². The molecule has 0 aromatic heterocycles.